The van der Waals surface area contributed by atoms with E-state index in [-0.39, 0.29) is 23.8 Å². The maximum absolute atomic E-state index is 12.8. The molecule has 0 bridgehead atoms. The third-order valence-corrected chi connectivity index (χ3v) is 4.89. The van der Waals surface area contributed by atoms with E-state index in [1.165, 1.54) is 0 Å². The highest BCUT2D eigenvalue weighted by atomic mass is 16.2. The average Bonchev–Trinajstić information content (AvgIpc) is 3.03. The highest BCUT2D eigenvalue weighted by Gasteiger charge is 2.38. The summed E-state index contributed by atoms with van der Waals surface area (Å²) in [5, 5.41) is 0. The molecule has 2 saturated heterocycles. The summed E-state index contributed by atoms with van der Waals surface area (Å²) in [6.07, 6.45) is 6.52. The maximum Gasteiger partial charge on any atom is 0.245 e. The van der Waals surface area contributed by atoms with E-state index in [4.69, 9.17) is 0 Å². The van der Waals surface area contributed by atoms with Crippen LogP contribution in [0.25, 0.3) is 0 Å². The largest absolute Gasteiger partial charge is 0.338 e. The highest BCUT2D eigenvalue weighted by Crippen LogP contribution is 2.24. The predicted molar refractivity (Wildman–Crippen MR) is 91.9 cm³/mol. The summed E-state index contributed by atoms with van der Waals surface area (Å²) in [5.74, 6) is 0.0700. The zero-order chi connectivity index (χ0) is 16.8. The topological polar surface area (TPSA) is 43.9 Å². The lowest BCUT2D eigenvalue weighted by molar-refractivity contribution is -0.146. The van der Waals surface area contributed by atoms with Gasteiger partial charge in [-0.2, -0.15) is 0 Å². The number of likely N-dealkylation sites (N-methyl/N-ethyl adjacent to an activating group) is 1. The molecule has 2 aliphatic rings. The second-order valence-corrected chi connectivity index (χ2v) is 6.56. The SMILES string of the molecule is C=CCC(CC=C)C(=O)N1CCC[C@@H]1C(=O)N1CCN(C)CC1. The predicted octanol–water partition coefficient (Wildman–Crippen LogP) is 1.52. The van der Waals surface area contributed by atoms with Gasteiger partial charge in [0.15, 0.2) is 0 Å². The van der Waals surface area contributed by atoms with Gasteiger partial charge in [-0.3, -0.25) is 9.59 Å². The first-order valence-electron chi connectivity index (χ1n) is 8.58. The van der Waals surface area contributed by atoms with Crippen LogP contribution in [0, 0.1) is 5.92 Å². The molecule has 2 rings (SSSR count). The first kappa shape index (κ1) is 17.7. The molecule has 0 N–H and O–H groups in total. The summed E-state index contributed by atoms with van der Waals surface area (Å²) in [4.78, 5) is 31.6. The second-order valence-electron chi connectivity index (χ2n) is 6.56. The number of rotatable bonds is 6. The molecule has 2 fully saturated rings. The van der Waals surface area contributed by atoms with Crippen LogP contribution in [-0.2, 0) is 9.59 Å². The Bertz CT molecular complexity index is 445. The molecule has 0 unspecified atom stereocenters. The van der Waals surface area contributed by atoms with Crippen molar-refractivity contribution in [3.8, 4) is 0 Å². The minimum atomic E-state index is -0.275. The fourth-order valence-corrected chi connectivity index (χ4v) is 3.46. The number of allylic oxidation sites excluding steroid dienone is 2. The lowest BCUT2D eigenvalue weighted by Gasteiger charge is -2.36. The van der Waals surface area contributed by atoms with Gasteiger partial charge in [0.25, 0.3) is 0 Å². The van der Waals surface area contributed by atoms with Crippen molar-refractivity contribution in [2.24, 2.45) is 5.92 Å². The van der Waals surface area contributed by atoms with Crippen molar-refractivity contribution < 1.29 is 9.59 Å². The fraction of sp³-hybridized carbons (Fsp3) is 0.667. The van der Waals surface area contributed by atoms with Gasteiger partial charge in [-0.15, -0.1) is 13.2 Å². The van der Waals surface area contributed by atoms with Crippen LogP contribution in [0.3, 0.4) is 0 Å². The number of piperazine rings is 1. The van der Waals surface area contributed by atoms with E-state index in [1.807, 2.05) is 4.90 Å². The van der Waals surface area contributed by atoms with Crippen LogP contribution in [0.2, 0.25) is 0 Å². The molecule has 0 aromatic heterocycles. The zero-order valence-corrected chi connectivity index (χ0v) is 14.2. The van der Waals surface area contributed by atoms with Crippen LogP contribution >= 0.6 is 0 Å². The molecule has 128 valence electrons. The molecule has 0 spiro atoms. The Balaban J connectivity index is 2.03. The first-order valence-corrected chi connectivity index (χ1v) is 8.58. The van der Waals surface area contributed by atoms with E-state index in [0.29, 0.717) is 19.4 Å². The molecule has 2 heterocycles. The molecular formula is C18H29N3O2. The van der Waals surface area contributed by atoms with Crippen LogP contribution in [0.15, 0.2) is 25.3 Å². The molecule has 0 radical (unpaired) electrons. The quantitative estimate of drug-likeness (QED) is 0.697. The van der Waals surface area contributed by atoms with E-state index >= 15 is 0 Å². The molecule has 23 heavy (non-hydrogen) atoms. The highest BCUT2D eigenvalue weighted by molar-refractivity contribution is 5.89. The zero-order valence-electron chi connectivity index (χ0n) is 14.2. The van der Waals surface area contributed by atoms with Crippen LogP contribution < -0.4 is 0 Å². The summed E-state index contributed by atoms with van der Waals surface area (Å²) in [6.45, 7) is 11.5. The minimum Gasteiger partial charge on any atom is -0.338 e. The third kappa shape index (κ3) is 4.22. The number of likely N-dealkylation sites (tertiary alicyclic amines) is 1. The molecular weight excluding hydrogens is 290 g/mol. The summed E-state index contributed by atoms with van der Waals surface area (Å²) in [6, 6.07) is -0.275. The first-order chi connectivity index (χ1) is 11.1. The van der Waals surface area contributed by atoms with Crippen LogP contribution in [0.4, 0.5) is 0 Å². The van der Waals surface area contributed by atoms with Gasteiger partial charge in [0.2, 0.25) is 11.8 Å². The Morgan fingerprint density at radius 2 is 1.70 bits per heavy atom. The molecule has 5 nitrogen and oxygen atoms in total. The van der Waals surface area contributed by atoms with Gasteiger partial charge in [0, 0.05) is 38.6 Å². The van der Waals surface area contributed by atoms with Crippen LogP contribution in [-0.4, -0.2) is 72.3 Å². The smallest absolute Gasteiger partial charge is 0.245 e. The lowest BCUT2D eigenvalue weighted by Crippen LogP contribution is -2.54. The summed E-state index contributed by atoms with van der Waals surface area (Å²) >= 11 is 0. The number of hydrogen-bond acceptors (Lipinski definition) is 3. The molecule has 1 atom stereocenters. The molecule has 2 amide bonds. The Labute approximate surface area is 139 Å². The number of amides is 2. The molecule has 0 saturated carbocycles. The van der Waals surface area contributed by atoms with Gasteiger partial charge in [0.1, 0.15) is 6.04 Å². The average molecular weight is 319 g/mol. The summed E-state index contributed by atoms with van der Waals surface area (Å²) < 4.78 is 0. The van der Waals surface area contributed by atoms with E-state index < -0.39 is 0 Å². The van der Waals surface area contributed by atoms with E-state index in [1.54, 1.807) is 17.1 Å². The number of nitrogens with zero attached hydrogens (tertiary/aromatic N) is 3. The van der Waals surface area contributed by atoms with Gasteiger partial charge in [-0.05, 0) is 32.7 Å². The summed E-state index contributed by atoms with van der Waals surface area (Å²) in [7, 11) is 2.07. The lowest BCUT2D eigenvalue weighted by atomic mass is 9.99. The Hall–Kier alpha value is -1.62. The van der Waals surface area contributed by atoms with E-state index in [2.05, 4.69) is 25.1 Å². The van der Waals surface area contributed by atoms with Gasteiger partial charge in [-0.1, -0.05) is 12.2 Å². The normalized spacial score (nSPS) is 22.4. The van der Waals surface area contributed by atoms with Crippen molar-refractivity contribution in [2.75, 3.05) is 39.8 Å². The van der Waals surface area contributed by atoms with Gasteiger partial charge < -0.3 is 14.7 Å². The summed E-state index contributed by atoms with van der Waals surface area (Å²) in [5.41, 5.74) is 0. The molecule has 0 aromatic carbocycles. The molecule has 0 aromatic rings. The Kier molecular flexibility index (Phi) is 6.39. The van der Waals surface area contributed by atoms with Gasteiger partial charge in [0.05, 0.1) is 0 Å². The van der Waals surface area contributed by atoms with Crippen molar-refractivity contribution in [3.05, 3.63) is 25.3 Å². The van der Waals surface area contributed by atoms with Crippen molar-refractivity contribution in [1.29, 1.82) is 0 Å². The third-order valence-electron chi connectivity index (χ3n) is 4.89. The van der Waals surface area contributed by atoms with Crippen LogP contribution in [0.5, 0.6) is 0 Å². The van der Waals surface area contributed by atoms with Crippen molar-refractivity contribution in [2.45, 2.75) is 31.7 Å². The molecule has 2 aliphatic heterocycles. The monoisotopic (exact) mass is 319 g/mol. The molecule has 5 heteroatoms. The number of carbonyl (C=O) groups is 2. The maximum atomic E-state index is 12.8. The Morgan fingerprint density at radius 3 is 2.26 bits per heavy atom. The van der Waals surface area contributed by atoms with Gasteiger partial charge >= 0.3 is 0 Å². The van der Waals surface area contributed by atoms with Crippen molar-refractivity contribution in [1.82, 2.24) is 14.7 Å². The molecule has 0 aliphatic carbocycles. The van der Waals surface area contributed by atoms with Crippen LogP contribution in [0.1, 0.15) is 25.7 Å². The standard InChI is InChI=1S/C18H29N3O2/c1-4-7-15(8-5-2)17(22)21-10-6-9-16(21)18(23)20-13-11-19(3)12-14-20/h4-5,15-16H,1-2,6-14H2,3H3/t16-/m1/s1. The van der Waals surface area contributed by atoms with Crippen molar-refractivity contribution >= 4 is 11.8 Å². The van der Waals surface area contributed by atoms with Gasteiger partial charge in [-0.25, -0.2) is 0 Å². The number of hydrogen-bond donors (Lipinski definition) is 0. The minimum absolute atomic E-state index is 0.0785. The van der Waals surface area contributed by atoms with Crippen molar-refractivity contribution in [3.63, 3.8) is 0 Å². The second kappa shape index (κ2) is 8.29. The number of carbonyl (C=O) groups excluding carboxylic acids is 2. The Morgan fingerprint density at radius 1 is 1.09 bits per heavy atom. The fourth-order valence-electron chi connectivity index (χ4n) is 3.46. The van der Waals surface area contributed by atoms with E-state index in [0.717, 1.165) is 39.0 Å². The van der Waals surface area contributed by atoms with E-state index in [9.17, 15) is 9.59 Å².